The molecule has 24 heavy (non-hydrogen) atoms. The lowest BCUT2D eigenvalue weighted by molar-refractivity contribution is 0.735. The topological polar surface area (TPSA) is 4.93 Å². The quantitative estimate of drug-likeness (QED) is 0.456. The Morgan fingerprint density at radius 2 is 1.79 bits per heavy atom. The Morgan fingerprint density at radius 1 is 1.04 bits per heavy atom. The molecule has 124 valence electrons. The fourth-order valence-corrected chi connectivity index (χ4v) is 3.57. The second-order valence-electron chi connectivity index (χ2n) is 6.26. The maximum Gasteiger partial charge on any atom is 0.0482 e. The van der Waals surface area contributed by atoms with Crippen molar-refractivity contribution in [2.75, 3.05) is 0 Å². The lowest BCUT2D eigenvalue weighted by atomic mass is 10.0. The minimum absolute atomic E-state index is 0.983. The van der Waals surface area contributed by atoms with E-state index in [0.717, 1.165) is 17.3 Å². The van der Waals surface area contributed by atoms with Gasteiger partial charge in [-0.05, 0) is 48.6 Å². The van der Waals surface area contributed by atoms with E-state index < -0.39 is 0 Å². The molecule has 1 nitrogen and oxygen atoms in total. The van der Waals surface area contributed by atoms with Gasteiger partial charge in [-0.2, -0.15) is 0 Å². The third-order valence-electron chi connectivity index (χ3n) is 4.61. The second kappa shape index (κ2) is 7.85. The molecular weight excluding hydrogens is 358 g/mol. The molecule has 0 aliphatic carbocycles. The van der Waals surface area contributed by atoms with Crippen molar-refractivity contribution in [1.82, 2.24) is 4.57 Å². The number of hydrogen-bond donors (Lipinski definition) is 0. The minimum Gasteiger partial charge on any atom is -0.347 e. The van der Waals surface area contributed by atoms with E-state index in [9.17, 15) is 0 Å². The van der Waals surface area contributed by atoms with Crippen LogP contribution < -0.4 is 0 Å². The lowest BCUT2D eigenvalue weighted by Gasteiger charge is -2.06. The fraction of sp³-hybridized carbons (Fsp3) is 0.273. The fourth-order valence-electron chi connectivity index (χ4n) is 3.30. The van der Waals surface area contributed by atoms with E-state index in [0.29, 0.717) is 0 Å². The number of unbranched alkanes of at least 4 members (excludes halogenated alkanes) is 1. The van der Waals surface area contributed by atoms with E-state index in [2.05, 4.69) is 95.2 Å². The van der Waals surface area contributed by atoms with E-state index in [1.807, 2.05) is 0 Å². The van der Waals surface area contributed by atoms with Gasteiger partial charge in [-0.25, -0.2) is 0 Å². The van der Waals surface area contributed by atoms with Crippen LogP contribution in [0, 0.1) is 0 Å². The summed E-state index contributed by atoms with van der Waals surface area (Å²) < 4.78 is 3.50. The van der Waals surface area contributed by atoms with Gasteiger partial charge in [0, 0.05) is 28.1 Å². The predicted octanol–water partition coefficient (Wildman–Crippen LogP) is 6.54. The van der Waals surface area contributed by atoms with Crippen LogP contribution in [0.5, 0.6) is 0 Å². The summed E-state index contributed by atoms with van der Waals surface area (Å²) in [6, 6.07) is 17.2. The molecule has 0 aliphatic heterocycles. The molecule has 0 radical (unpaired) electrons. The van der Waals surface area contributed by atoms with Crippen molar-refractivity contribution >= 4 is 32.9 Å². The molecule has 0 spiro atoms. The normalized spacial score (nSPS) is 11.6. The van der Waals surface area contributed by atoms with Crippen molar-refractivity contribution < 1.29 is 0 Å². The van der Waals surface area contributed by atoms with Crippen molar-refractivity contribution in [3.05, 3.63) is 75.9 Å². The first-order valence-electron chi connectivity index (χ1n) is 8.68. The highest BCUT2D eigenvalue weighted by Gasteiger charge is 2.12. The maximum absolute atomic E-state index is 3.49. The van der Waals surface area contributed by atoms with E-state index in [4.69, 9.17) is 0 Å². The zero-order valence-electron chi connectivity index (χ0n) is 14.4. The molecule has 0 saturated heterocycles. The van der Waals surface area contributed by atoms with Crippen LogP contribution in [0.15, 0.2) is 59.1 Å². The van der Waals surface area contributed by atoms with Gasteiger partial charge in [-0.1, -0.05) is 71.8 Å². The summed E-state index contributed by atoms with van der Waals surface area (Å²) in [5.74, 6) is 0. The van der Waals surface area contributed by atoms with Gasteiger partial charge in [0.05, 0.1) is 0 Å². The third kappa shape index (κ3) is 3.64. The average molecular weight is 382 g/mol. The molecule has 1 aromatic heterocycles. The van der Waals surface area contributed by atoms with Crippen molar-refractivity contribution in [1.29, 1.82) is 0 Å². The minimum atomic E-state index is 0.983. The first-order chi connectivity index (χ1) is 11.7. The van der Waals surface area contributed by atoms with E-state index in [1.54, 1.807) is 0 Å². The van der Waals surface area contributed by atoms with Crippen molar-refractivity contribution in [3.63, 3.8) is 0 Å². The van der Waals surface area contributed by atoms with Crippen LogP contribution in [-0.2, 0) is 19.9 Å². The number of aromatic nitrogens is 1. The highest BCUT2D eigenvalue weighted by molar-refractivity contribution is 9.10. The van der Waals surface area contributed by atoms with Crippen LogP contribution in [0.25, 0.3) is 17.0 Å². The van der Waals surface area contributed by atoms with Crippen molar-refractivity contribution in [3.8, 4) is 0 Å². The van der Waals surface area contributed by atoms with Gasteiger partial charge in [0.2, 0.25) is 0 Å². The molecule has 0 aliphatic rings. The summed E-state index contributed by atoms with van der Waals surface area (Å²) in [5.41, 5.74) is 5.55. The highest BCUT2D eigenvalue weighted by atomic mass is 79.9. The van der Waals surface area contributed by atoms with Crippen LogP contribution in [-0.4, -0.2) is 4.57 Å². The molecule has 2 heteroatoms. The average Bonchev–Trinajstić information content (AvgIpc) is 2.87. The summed E-state index contributed by atoms with van der Waals surface area (Å²) in [6.07, 6.45) is 9.13. The maximum atomic E-state index is 3.49. The van der Waals surface area contributed by atoms with Gasteiger partial charge in [-0.15, -0.1) is 0 Å². The molecule has 0 N–H and O–H groups in total. The number of aryl methyl sites for hydroxylation is 1. The van der Waals surface area contributed by atoms with Crippen molar-refractivity contribution in [2.24, 2.45) is 7.05 Å². The Balaban J connectivity index is 1.90. The van der Waals surface area contributed by atoms with Crippen LogP contribution >= 0.6 is 15.9 Å². The molecule has 0 saturated carbocycles. The number of nitrogens with zero attached hydrogens (tertiary/aromatic N) is 1. The number of benzene rings is 2. The van der Waals surface area contributed by atoms with Gasteiger partial charge in [0.15, 0.2) is 0 Å². The Kier molecular flexibility index (Phi) is 5.57. The number of hydrogen-bond acceptors (Lipinski definition) is 0. The molecule has 3 rings (SSSR count). The van der Waals surface area contributed by atoms with E-state index in [1.165, 1.54) is 40.6 Å². The molecule has 0 amide bonds. The molecular formula is C22H24BrN. The first-order valence-corrected chi connectivity index (χ1v) is 9.47. The monoisotopic (exact) mass is 381 g/mol. The Morgan fingerprint density at radius 3 is 2.54 bits per heavy atom. The molecule has 0 fully saturated rings. The standard InChI is InChI=1S/C22H24BrN/c1-3-4-11-21-20(19-9-5-6-12-22(19)24(21)2)10-7-8-17-13-15-18(23)16-14-17/h5-9,12-16H,3-4,10-11H2,1-2H3/b8-7+. The van der Waals surface area contributed by atoms with Gasteiger partial charge >= 0.3 is 0 Å². The zero-order valence-corrected chi connectivity index (χ0v) is 16.0. The number of para-hydroxylation sites is 1. The van der Waals surface area contributed by atoms with Crippen LogP contribution in [0.3, 0.4) is 0 Å². The molecule has 0 atom stereocenters. The molecule has 1 heterocycles. The molecule has 3 aromatic rings. The third-order valence-corrected chi connectivity index (χ3v) is 5.14. The Bertz CT molecular complexity index is 840. The van der Waals surface area contributed by atoms with E-state index >= 15 is 0 Å². The van der Waals surface area contributed by atoms with Gasteiger partial charge in [0.25, 0.3) is 0 Å². The molecule has 0 bridgehead atoms. The summed E-state index contributed by atoms with van der Waals surface area (Å²) in [7, 11) is 2.20. The SMILES string of the molecule is CCCCc1c(C/C=C/c2ccc(Br)cc2)c2ccccc2n1C. The lowest BCUT2D eigenvalue weighted by Crippen LogP contribution is -1.99. The highest BCUT2D eigenvalue weighted by Crippen LogP contribution is 2.27. The second-order valence-corrected chi connectivity index (χ2v) is 7.18. The number of rotatable bonds is 6. The zero-order chi connectivity index (χ0) is 16.9. The van der Waals surface area contributed by atoms with E-state index in [-0.39, 0.29) is 0 Å². The first kappa shape index (κ1) is 17.0. The molecule has 0 unspecified atom stereocenters. The summed E-state index contributed by atoms with van der Waals surface area (Å²) >= 11 is 3.49. The summed E-state index contributed by atoms with van der Waals surface area (Å²) in [4.78, 5) is 0. The Hall–Kier alpha value is -1.80. The molecule has 2 aromatic carbocycles. The van der Waals surface area contributed by atoms with Crippen molar-refractivity contribution in [2.45, 2.75) is 32.6 Å². The summed E-state index contributed by atoms with van der Waals surface area (Å²) in [6.45, 7) is 2.26. The Labute approximate surface area is 153 Å². The number of allylic oxidation sites excluding steroid dienone is 1. The van der Waals surface area contributed by atoms with Crippen LogP contribution in [0.4, 0.5) is 0 Å². The summed E-state index contributed by atoms with van der Waals surface area (Å²) in [5, 5.41) is 1.39. The van der Waals surface area contributed by atoms with Gasteiger partial charge in [-0.3, -0.25) is 0 Å². The predicted molar refractivity (Wildman–Crippen MR) is 108 cm³/mol. The van der Waals surface area contributed by atoms with Crippen LogP contribution in [0.2, 0.25) is 0 Å². The number of fused-ring (bicyclic) bond motifs is 1. The smallest absolute Gasteiger partial charge is 0.0482 e. The number of halogens is 1. The van der Waals surface area contributed by atoms with Gasteiger partial charge in [0.1, 0.15) is 0 Å². The van der Waals surface area contributed by atoms with Crippen LogP contribution in [0.1, 0.15) is 36.6 Å². The van der Waals surface area contributed by atoms with Gasteiger partial charge < -0.3 is 4.57 Å². The largest absolute Gasteiger partial charge is 0.347 e.